The van der Waals surface area contributed by atoms with Crippen LogP contribution in [0.25, 0.3) is 0 Å². The Morgan fingerprint density at radius 2 is 1.33 bits per heavy atom. The minimum Gasteiger partial charge on any atom is -0.848 e. The van der Waals surface area contributed by atoms with Gasteiger partial charge in [0, 0.05) is 0 Å². The Bertz CT molecular complexity index is 152. The van der Waals surface area contributed by atoms with Crippen LogP contribution in [0.1, 0.15) is 26.7 Å². The van der Waals surface area contributed by atoms with Crippen molar-refractivity contribution in [3.8, 4) is 0 Å². The SMILES string of the molecule is CCCS(CCC)=P([O-])([O-])[O-].[Sb+3]. The van der Waals surface area contributed by atoms with Crippen molar-refractivity contribution in [2.75, 3.05) is 11.5 Å². The molecule has 6 heteroatoms. The van der Waals surface area contributed by atoms with Gasteiger partial charge in [0.1, 0.15) is 0 Å². The maximum Gasteiger partial charge on any atom is 3.00 e. The first-order chi connectivity index (χ1) is 5.02. The Balaban J connectivity index is 0. The van der Waals surface area contributed by atoms with Crippen molar-refractivity contribution in [2.24, 2.45) is 0 Å². The first-order valence-corrected chi connectivity index (χ1v) is 7.43. The molecule has 0 atom stereocenters. The summed E-state index contributed by atoms with van der Waals surface area (Å²) < 4.78 is 0. The molecular formula is C6H14O3PSSb. The topological polar surface area (TPSA) is 69.2 Å². The van der Waals surface area contributed by atoms with Crippen molar-refractivity contribution in [1.29, 1.82) is 0 Å². The molecule has 0 aromatic heterocycles. The zero-order valence-corrected chi connectivity index (χ0v) is 11.6. The van der Waals surface area contributed by atoms with Crippen molar-refractivity contribution in [3.05, 3.63) is 0 Å². The van der Waals surface area contributed by atoms with E-state index in [0.717, 1.165) is 12.8 Å². The number of hydrogen-bond acceptors (Lipinski definition) is 3. The van der Waals surface area contributed by atoms with E-state index < -0.39 is 16.8 Å². The van der Waals surface area contributed by atoms with Crippen LogP contribution in [-0.4, -0.2) is 35.9 Å². The van der Waals surface area contributed by atoms with E-state index >= 15 is 0 Å². The van der Waals surface area contributed by atoms with E-state index in [9.17, 15) is 14.7 Å². The van der Waals surface area contributed by atoms with Gasteiger partial charge in [0.15, 0.2) is 0 Å². The fourth-order valence-electron chi connectivity index (χ4n) is 0.797. The van der Waals surface area contributed by atoms with Crippen LogP contribution in [0.2, 0.25) is 0 Å². The van der Waals surface area contributed by atoms with Crippen molar-refractivity contribution in [1.82, 2.24) is 0 Å². The van der Waals surface area contributed by atoms with Gasteiger partial charge in [0.05, 0.1) is 0 Å². The Kier molecular flexibility index (Phi) is 10.4. The van der Waals surface area contributed by atoms with Crippen LogP contribution >= 0.6 is 6.72 Å². The summed E-state index contributed by atoms with van der Waals surface area (Å²) in [4.78, 5) is 31.8. The molecular weight excluding hydrogens is 305 g/mol. The summed E-state index contributed by atoms with van der Waals surface area (Å²) in [5.41, 5.74) is 0. The van der Waals surface area contributed by atoms with E-state index in [1.165, 1.54) is 0 Å². The van der Waals surface area contributed by atoms with Gasteiger partial charge >= 0.3 is 24.4 Å². The molecule has 0 aliphatic rings. The third-order valence-electron chi connectivity index (χ3n) is 1.20. The molecule has 2 radical (unpaired) electrons. The number of rotatable bonds is 4. The molecule has 0 aliphatic carbocycles. The summed E-state index contributed by atoms with van der Waals surface area (Å²) in [7, 11) is -0.897. The molecule has 72 valence electrons. The van der Waals surface area contributed by atoms with Gasteiger partial charge in [0.2, 0.25) is 0 Å². The van der Waals surface area contributed by atoms with E-state index in [-0.39, 0.29) is 24.4 Å². The molecule has 0 aliphatic heterocycles. The van der Waals surface area contributed by atoms with E-state index in [2.05, 4.69) is 0 Å². The molecule has 0 amide bonds. The second-order valence-electron chi connectivity index (χ2n) is 2.32. The Labute approximate surface area is 93.8 Å². The van der Waals surface area contributed by atoms with Crippen LogP contribution in [0.5, 0.6) is 0 Å². The summed E-state index contributed by atoms with van der Waals surface area (Å²) in [5, 5.41) is 0. The molecule has 3 nitrogen and oxygen atoms in total. The fourth-order valence-corrected chi connectivity index (χ4v) is 4.83. The van der Waals surface area contributed by atoms with Crippen LogP contribution < -0.4 is 14.7 Å². The van der Waals surface area contributed by atoms with Crippen LogP contribution in [0, 0.1) is 0 Å². The minimum atomic E-state index is -4.28. The molecule has 0 heterocycles. The van der Waals surface area contributed by atoms with Crippen molar-refractivity contribution >= 4 is 41.2 Å². The van der Waals surface area contributed by atoms with E-state index in [4.69, 9.17) is 0 Å². The van der Waals surface area contributed by atoms with Gasteiger partial charge < -0.3 is 21.4 Å². The largest absolute Gasteiger partial charge is 3.00 e. The van der Waals surface area contributed by atoms with E-state index in [0.29, 0.717) is 11.5 Å². The number of hydrogen-bond donors (Lipinski definition) is 0. The Hall–Kier alpha value is 1.48. The molecule has 0 N–H and O–H groups in total. The first kappa shape index (κ1) is 15.9. The average Bonchev–Trinajstić information content (AvgIpc) is 1.85. The van der Waals surface area contributed by atoms with Crippen LogP contribution in [0.15, 0.2) is 0 Å². The summed E-state index contributed by atoms with van der Waals surface area (Å²) in [6.45, 7) is -0.493. The second kappa shape index (κ2) is 7.84. The van der Waals surface area contributed by atoms with Crippen molar-refractivity contribution in [3.63, 3.8) is 0 Å². The summed E-state index contributed by atoms with van der Waals surface area (Å²) in [5.74, 6) is 1.08. The van der Waals surface area contributed by atoms with Gasteiger partial charge in [-0.1, -0.05) is 13.8 Å². The quantitative estimate of drug-likeness (QED) is 0.483. The van der Waals surface area contributed by atoms with Crippen LogP contribution in [0.4, 0.5) is 0 Å². The zero-order valence-electron chi connectivity index (χ0n) is 7.36. The zero-order chi connectivity index (χ0) is 8.91. The third kappa shape index (κ3) is 6.94. The molecule has 0 rings (SSSR count). The normalized spacial score (nSPS) is 11.5. The minimum absolute atomic E-state index is 0. The van der Waals surface area contributed by atoms with Crippen molar-refractivity contribution < 1.29 is 14.7 Å². The van der Waals surface area contributed by atoms with Crippen molar-refractivity contribution in [2.45, 2.75) is 26.7 Å². The fraction of sp³-hybridized carbons (Fsp3) is 1.00. The van der Waals surface area contributed by atoms with Gasteiger partial charge in [-0.15, -0.1) is 0 Å². The molecule has 0 aromatic carbocycles. The summed E-state index contributed by atoms with van der Waals surface area (Å²) in [6, 6.07) is 0. The molecule has 0 bridgehead atoms. The standard InChI is InChI=1S/C6H14O3PS.Sb/c1-3-5-11(6-4-2)10(7,8)9;/h3-6H2,1-2H3;/q-3;+3. The van der Waals surface area contributed by atoms with Crippen LogP contribution in [0.3, 0.4) is 0 Å². The van der Waals surface area contributed by atoms with Gasteiger partial charge in [-0.3, -0.25) is 0 Å². The van der Waals surface area contributed by atoms with E-state index in [1.54, 1.807) is 0 Å². The monoisotopic (exact) mass is 318 g/mol. The summed E-state index contributed by atoms with van der Waals surface area (Å²) in [6.07, 6.45) is 1.55. The third-order valence-corrected chi connectivity index (χ3v) is 6.58. The Morgan fingerprint density at radius 1 is 1.00 bits per heavy atom. The first-order valence-electron chi connectivity index (χ1n) is 3.72. The molecule has 0 fully saturated rings. The maximum absolute atomic E-state index is 10.6. The van der Waals surface area contributed by atoms with E-state index in [1.807, 2.05) is 13.8 Å². The second-order valence-corrected chi connectivity index (χ2v) is 7.84. The van der Waals surface area contributed by atoms with Gasteiger partial charge in [-0.25, -0.2) is 10.1 Å². The van der Waals surface area contributed by atoms with Crippen LogP contribution in [-0.2, 0) is 10.1 Å². The smallest absolute Gasteiger partial charge is 0.848 e. The molecule has 0 aromatic rings. The predicted octanol–water partition coefficient (Wildman–Crippen LogP) is -1.20. The van der Waals surface area contributed by atoms with Gasteiger partial charge in [0.25, 0.3) is 0 Å². The average molecular weight is 319 g/mol. The van der Waals surface area contributed by atoms with Gasteiger partial charge in [-0.2, -0.15) is 0 Å². The molecule has 0 saturated carbocycles. The molecule has 0 saturated heterocycles. The molecule has 0 spiro atoms. The maximum atomic E-state index is 10.6. The molecule has 0 unspecified atom stereocenters. The molecule has 12 heavy (non-hydrogen) atoms. The predicted molar refractivity (Wildman–Crippen MR) is 50.4 cm³/mol. The Morgan fingerprint density at radius 3 is 1.50 bits per heavy atom. The summed E-state index contributed by atoms with van der Waals surface area (Å²) >= 11 is 0. The van der Waals surface area contributed by atoms with Gasteiger partial charge in [-0.05, 0) is 24.3 Å².